The zero-order valence-corrected chi connectivity index (χ0v) is 37.5. The summed E-state index contributed by atoms with van der Waals surface area (Å²) in [6.45, 7) is 6.46. The summed E-state index contributed by atoms with van der Waals surface area (Å²) in [5.41, 5.74) is 2.99. The fourth-order valence-electron chi connectivity index (χ4n) is 9.94. The maximum atomic E-state index is 14.8. The zero-order valence-electron chi connectivity index (χ0n) is 37.5. The van der Waals surface area contributed by atoms with Crippen LogP contribution in [0.15, 0.2) is 120 Å². The van der Waals surface area contributed by atoms with Crippen LogP contribution in [0.4, 0.5) is 5.69 Å². The monoisotopic (exact) mass is 903 g/mol. The number of nitro groups is 1. The largest absolute Gasteiger partial charge is 0.459 e. The van der Waals surface area contributed by atoms with Crippen molar-refractivity contribution in [2.45, 2.75) is 69.6 Å². The number of hydrogen-bond acceptors (Lipinski definition) is 12. The minimum Gasteiger partial charge on any atom is -0.459 e. The summed E-state index contributed by atoms with van der Waals surface area (Å²) in [6.07, 6.45) is 11.6. The summed E-state index contributed by atoms with van der Waals surface area (Å²) < 4.78 is 26.8. The SMILES string of the molecule is C=CCO[C@@]12Oc3ccc(Oc4ccc5ccccc5c4)cc3[C@H]3[C@H](CCCCO)[C@@H](CCCCO)C=C(C(=NOCC)C[C@@H]1N(CCOCCO)C(=O)C=Cc1ccc([N+](=O)[O-])cc1)[C@H]32. The molecule has 14 nitrogen and oxygen atoms in total. The lowest BCUT2D eigenvalue weighted by Crippen LogP contribution is -2.70. The van der Waals surface area contributed by atoms with E-state index in [-0.39, 0.29) is 76.0 Å². The van der Waals surface area contributed by atoms with Crippen LogP contribution < -0.4 is 9.47 Å². The van der Waals surface area contributed by atoms with E-state index in [4.69, 9.17) is 28.9 Å². The lowest BCUT2D eigenvalue weighted by Gasteiger charge is -2.60. The van der Waals surface area contributed by atoms with Crippen molar-refractivity contribution < 1.29 is 48.8 Å². The number of fused-ring (bicyclic) bond motifs is 3. The number of ether oxygens (including phenoxy) is 4. The topological polar surface area (TPSA) is 183 Å². The molecule has 2 aliphatic carbocycles. The molecule has 3 aliphatic rings. The fourth-order valence-corrected chi connectivity index (χ4v) is 9.94. The molecule has 1 saturated carbocycles. The van der Waals surface area contributed by atoms with E-state index in [9.17, 15) is 30.2 Å². The summed E-state index contributed by atoms with van der Waals surface area (Å²) in [5.74, 6) is -0.793. The van der Waals surface area contributed by atoms with E-state index in [1.165, 1.54) is 18.2 Å². The standard InChI is InChI=1S/C52H61N3O11/c1-3-29-63-52-48(54(25-30-62-31-28-58)49(59)24-17-36-15-19-40(20-16-36)55(60)61)35-46(53-64-4-2)44-33-39(13-7-9-26-56)43(14-8-10-27-57)50(51(44)52)45-34-42(22-23-47(45)66-52)65-41-21-18-37-11-5-6-12-38(37)32-41/h3,5-6,11-12,15-24,32-34,39,43,48,50-51,56-58H,1,4,7-10,13-14,25-31,35H2,2H3/t39-,43+,48-,50+,51+,52+/m0/s1. The fraction of sp³-hybridized carbons (Fsp3) is 0.423. The first-order valence-corrected chi connectivity index (χ1v) is 23.0. The van der Waals surface area contributed by atoms with Crippen LogP contribution in [-0.2, 0) is 19.1 Å². The Morgan fingerprint density at radius 3 is 2.41 bits per heavy atom. The average molecular weight is 904 g/mol. The molecular weight excluding hydrogens is 843 g/mol. The van der Waals surface area contributed by atoms with E-state index in [1.54, 1.807) is 29.2 Å². The van der Waals surface area contributed by atoms with Crippen LogP contribution in [0.1, 0.15) is 68.9 Å². The van der Waals surface area contributed by atoms with Gasteiger partial charge in [0.15, 0.2) is 0 Å². The summed E-state index contributed by atoms with van der Waals surface area (Å²) >= 11 is 0. The predicted octanol–water partition coefficient (Wildman–Crippen LogP) is 8.74. The van der Waals surface area contributed by atoms with E-state index >= 15 is 0 Å². The first-order valence-electron chi connectivity index (χ1n) is 23.0. The van der Waals surface area contributed by atoms with Gasteiger partial charge < -0.3 is 44.0 Å². The molecule has 7 rings (SSSR count). The number of carbonyl (C=O) groups excluding carboxylic acids is 1. The number of hydrogen-bond donors (Lipinski definition) is 3. The number of rotatable bonds is 24. The smallest absolute Gasteiger partial charge is 0.269 e. The third-order valence-corrected chi connectivity index (χ3v) is 12.8. The molecule has 66 heavy (non-hydrogen) atoms. The third kappa shape index (κ3) is 10.9. The number of amides is 1. The van der Waals surface area contributed by atoms with Gasteiger partial charge in [-0.05, 0) is 115 Å². The Balaban J connectivity index is 1.41. The highest BCUT2D eigenvalue weighted by molar-refractivity contribution is 6.03. The van der Waals surface area contributed by atoms with Crippen molar-refractivity contribution in [1.82, 2.24) is 4.90 Å². The van der Waals surface area contributed by atoms with Crippen molar-refractivity contribution in [1.29, 1.82) is 0 Å². The van der Waals surface area contributed by atoms with Crippen LogP contribution in [0.5, 0.6) is 17.2 Å². The number of carbonyl (C=O) groups is 1. The van der Waals surface area contributed by atoms with Crippen molar-refractivity contribution in [3.63, 3.8) is 0 Å². The number of unbranched alkanes of at least 4 members (excludes halogenated alkanes) is 2. The van der Waals surface area contributed by atoms with Gasteiger partial charge in [-0.15, -0.1) is 6.58 Å². The molecule has 0 spiro atoms. The van der Waals surface area contributed by atoms with Crippen molar-refractivity contribution in [3.05, 3.63) is 137 Å². The molecule has 1 amide bonds. The maximum absolute atomic E-state index is 14.8. The molecule has 1 aliphatic heterocycles. The van der Waals surface area contributed by atoms with Gasteiger partial charge in [-0.3, -0.25) is 14.9 Å². The highest BCUT2D eigenvalue weighted by Gasteiger charge is 2.65. The molecule has 3 N–H and O–H groups in total. The molecule has 0 aromatic heterocycles. The second kappa shape index (κ2) is 23.0. The quantitative estimate of drug-likeness (QED) is 0.0201. The zero-order chi connectivity index (χ0) is 46.5. The molecule has 0 radical (unpaired) electrons. The Morgan fingerprint density at radius 2 is 1.68 bits per heavy atom. The summed E-state index contributed by atoms with van der Waals surface area (Å²) in [5, 5.41) is 47.8. The Hall–Kier alpha value is -5.90. The van der Waals surface area contributed by atoms with E-state index in [0.29, 0.717) is 48.0 Å². The number of aliphatic hydroxyl groups is 3. The summed E-state index contributed by atoms with van der Waals surface area (Å²) in [6, 6.07) is 25.1. The van der Waals surface area contributed by atoms with E-state index < -0.39 is 28.6 Å². The van der Waals surface area contributed by atoms with Gasteiger partial charge >= 0.3 is 0 Å². The minimum atomic E-state index is -1.51. The molecule has 6 atom stereocenters. The van der Waals surface area contributed by atoms with Gasteiger partial charge in [0.25, 0.3) is 5.69 Å². The summed E-state index contributed by atoms with van der Waals surface area (Å²) in [4.78, 5) is 33.3. The number of aliphatic hydroxyl groups excluding tert-OH is 3. The van der Waals surface area contributed by atoms with Gasteiger partial charge in [-0.1, -0.05) is 60.5 Å². The van der Waals surface area contributed by atoms with E-state index in [1.807, 2.05) is 49.4 Å². The average Bonchev–Trinajstić information content (AvgIpc) is 3.33. The van der Waals surface area contributed by atoms with Crippen LogP contribution in [0, 0.1) is 27.9 Å². The van der Waals surface area contributed by atoms with Crippen LogP contribution in [-0.4, -0.2) is 101 Å². The van der Waals surface area contributed by atoms with Crippen LogP contribution >= 0.6 is 0 Å². The Kier molecular flexibility index (Phi) is 16.8. The predicted molar refractivity (Wildman–Crippen MR) is 252 cm³/mol. The maximum Gasteiger partial charge on any atom is 0.269 e. The van der Waals surface area contributed by atoms with Gasteiger partial charge in [0, 0.05) is 55.9 Å². The Bertz CT molecular complexity index is 2380. The van der Waals surface area contributed by atoms with Crippen molar-refractivity contribution in [2.75, 3.05) is 52.8 Å². The Morgan fingerprint density at radius 1 is 0.939 bits per heavy atom. The van der Waals surface area contributed by atoms with Gasteiger partial charge in [-0.25, -0.2) is 0 Å². The normalized spacial score (nSPS) is 22.6. The second-order valence-electron chi connectivity index (χ2n) is 16.9. The van der Waals surface area contributed by atoms with Gasteiger partial charge in [-0.2, -0.15) is 0 Å². The first kappa shape index (κ1) is 48.0. The molecule has 0 unspecified atom stereocenters. The highest BCUT2D eigenvalue weighted by Crippen LogP contribution is 2.62. The molecule has 4 aromatic carbocycles. The number of oxime groups is 1. The van der Waals surface area contributed by atoms with E-state index in [2.05, 4.69) is 30.9 Å². The number of nitro benzene ring substituents is 1. The highest BCUT2D eigenvalue weighted by atomic mass is 16.7. The summed E-state index contributed by atoms with van der Waals surface area (Å²) in [7, 11) is 0. The number of benzene rings is 4. The number of non-ortho nitro benzene ring substituents is 1. The molecule has 0 saturated heterocycles. The number of allylic oxidation sites excluding steroid dienone is 1. The van der Waals surface area contributed by atoms with Crippen LogP contribution in [0.25, 0.3) is 16.8 Å². The molecule has 0 bridgehead atoms. The molecular formula is C52H61N3O11. The molecule has 14 heteroatoms. The first-order chi connectivity index (χ1) is 32.2. The Labute approximate surface area is 385 Å². The van der Waals surface area contributed by atoms with Gasteiger partial charge in [0.05, 0.1) is 43.0 Å². The lowest BCUT2D eigenvalue weighted by atomic mass is 9.55. The van der Waals surface area contributed by atoms with Crippen molar-refractivity contribution >= 4 is 34.2 Å². The minimum absolute atomic E-state index is 0.000402. The lowest BCUT2D eigenvalue weighted by molar-refractivity contribution is -0.384. The van der Waals surface area contributed by atoms with Gasteiger partial charge in [0.1, 0.15) is 29.9 Å². The third-order valence-electron chi connectivity index (χ3n) is 12.8. The van der Waals surface area contributed by atoms with E-state index in [0.717, 1.165) is 47.6 Å². The molecule has 1 heterocycles. The van der Waals surface area contributed by atoms with Crippen LogP contribution in [0.2, 0.25) is 0 Å². The number of nitrogens with zero attached hydrogens (tertiary/aromatic N) is 3. The van der Waals surface area contributed by atoms with Crippen molar-refractivity contribution in [2.24, 2.45) is 22.9 Å². The molecule has 1 fully saturated rings. The molecule has 350 valence electrons. The van der Waals surface area contributed by atoms with Crippen molar-refractivity contribution in [3.8, 4) is 17.2 Å². The van der Waals surface area contributed by atoms with Gasteiger partial charge in [0.2, 0.25) is 11.7 Å². The second-order valence-corrected chi connectivity index (χ2v) is 16.9. The molecule has 4 aromatic rings. The van der Waals surface area contributed by atoms with Crippen LogP contribution in [0.3, 0.4) is 0 Å².